The van der Waals surface area contributed by atoms with Gasteiger partial charge in [-0.05, 0) is 116 Å². The lowest BCUT2D eigenvalue weighted by atomic mass is 9.82. The first-order chi connectivity index (χ1) is 37.3. The molecule has 1 saturated carbocycles. The van der Waals surface area contributed by atoms with E-state index in [1.54, 1.807) is 65.2 Å². The smallest absolute Gasteiger partial charge is 0.271 e. The van der Waals surface area contributed by atoms with Crippen molar-refractivity contribution in [1.82, 2.24) is 56.3 Å². The number of likely N-dealkylation sites (tertiary alicyclic amines) is 1. The lowest BCUT2D eigenvalue weighted by molar-refractivity contribution is -0.143. The Kier molecular flexibility index (Phi) is 16.3. The number of hydrogen-bond acceptors (Lipinski definition) is 16. The number of piperidine rings is 1. The van der Waals surface area contributed by atoms with Gasteiger partial charge in [0.05, 0.1) is 35.3 Å². The maximum Gasteiger partial charge on any atom is 0.271 e. The molecule has 2 aromatic carbocycles. The van der Waals surface area contributed by atoms with E-state index >= 15 is 0 Å². The zero-order valence-electron chi connectivity index (χ0n) is 45.4. The average Bonchev–Trinajstić information content (AvgIpc) is 4.12. The Balaban J connectivity index is 0.866. The third-order valence-electron chi connectivity index (χ3n) is 16.0. The van der Waals surface area contributed by atoms with Crippen LogP contribution < -0.4 is 36.2 Å². The molecular formula is C56H71N13O8S. The molecule has 414 valence electrons. The molecule has 2 saturated heterocycles. The van der Waals surface area contributed by atoms with E-state index in [0.717, 1.165) is 48.9 Å². The number of aryl methyl sites for hydroxylation is 1. The maximum absolute atomic E-state index is 14.9. The van der Waals surface area contributed by atoms with Crippen LogP contribution in [-0.2, 0) is 41.0 Å². The summed E-state index contributed by atoms with van der Waals surface area (Å²) < 4.78 is 33.5. The van der Waals surface area contributed by atoms with Crippen LogP contribution in [0.1, 0.15) is 112 Å². The number of rotatable bonds is 17. The highest BCUT2D eigenvalue weighted by Gasteiger charge is 2.47. The van der Waals surface area contributed by atoms with E-state index in [2.05, 4.69) is 61.6 Å². The summed E-state index contributed by atoms with van der Waals surface area (Å²) in [5.41, 5.74) is 2.40. The number of allylic oxidation sites excluding steroid dienone is 1. The van der Waals surface area contributed by atoms with Crippen molar-refractivity contribution in [3.63, 3.8) is 0 Å². The average molecular weight is 1090 g/mol. The predicted molar refractivity (Wildman–Crippen MR) is 294 cm³/mol. The standard InChI is InChI=1S/C56H71N13O8S/c1-33-34(2)66-67-49(33)64-50-40-25-46(78(75,76)55(4,5)6)45(26-42(40)60-32-61-50)77-30-36-19-22-68(23-20-36)47-28-58-43(27-59-47)52(72)62-39-24-44(53(73)65-56(31-70)21-13-17-37-14-11-12-18-41(37)56)69(29-39)54(74)48(38-15-9-8-10-16-38)63-51(71)35(3)57-7/h11-14,18,21,25-28,31-32,35-36,38-39,44,48,57H,8-10,15-17,19-20,22-24,29-30H2,1-7H3,(H,62,72)(H,63,71)(H,65,73)(H2,60,61,64,66,67)/t35-,39-,44-,48-,56-/m0/s1. The molecule has 5 atom stereocenters. The van der Waals surface area contributed by atoms with Gasteiger partial charge in [0.1, 0.15) is 51.9 Å². The Morgan fingerprint density at radius 3 is 2.40 bits per heavy atom. The summed E-state index contributed by atoms with van der Waals surface area (Å²) >= 11 is 0. The number of fused-ring (bicyclic) bond motifs is 2. The van der Waals surface area contributed by atoms with Gasteiger partial charge in [-0.15, -0.1) is 0 Å². The zero-order valence-corrected chi connectivity index (χ0v) is 46.2. The summed E-state index contributed by atoms with van der Waals surface area (Å²) in [7, 11) is -2.22. The fourth-order valence-electron chi connectivity index (χ4n) is 10.9. The van der Waals surface area contributed by atoms with E-state index < -0.39 is 62.0 Å². The molecule has 0 unspecified atom stereocenters. The van der Waals surface area contributed by atoms with Gasteiger partial charge >= 0.3 is 0 Å². The van der Waals surface area contributed by atoms with Gasteiger partial charge in [-0.1, -0.05) is 55.7 Å². The van der Waals surface area contributed by atoms with Gasteiger partial charge in [0.15, 0.2) is 21.9 Å². The monoisotopic (exact) mass is 1090 g/mol. The molecule has 22 heteroatoms. The van der Waals surface area contributed by atoms with Gasteiger partial charge in [-0.25, -0.2) is 28.4 Å². The lowest BCUT2D eigenvalue weighted by Crippen LogP contribution is -2.59. The van der Waals surface area contributed by atoms with Gasteiger partial charge in [0, 0.05) is 48.4 Å². The van der Waals surface area contributed by atoms with Crippen LogP contribution >= 0.6 is 0 Å². The largest absolute Gasteiger partial charge is 0.492 e. The number of hydrogen-bond donors (Lipinski definition) is 6. The number of anilines is 3. The summed E-state index contributed by atoms with van der Waals surface area (Å²) in [5.74, 6) is -0.158. The molecule has 21 nitrogen and oxygen atoms in total. The third kappa shape index (κ3) is 11.5. The topological polar surface area (TPSA) is 276 Å². The van der Waals surface area contributed by atoms with E-state index in [1.165, 1.54) is 17.4 Å². The van der Waals surface area contributed by atoms with E-state index in [9.17, 15) is 32.4 Å². The number of carbonyl (C=O) groups is 5. The van der Waals surface area contributed by atoms with E-state index in [1.807, 2.05) is 38.1 Å². The molecule has 9 rings (SSSR count). The first-order valence-corrected chi connectivity index (χ1v) is 28.4. The SMILES string of the molecule is CN[C@@H](C)C(=O)N[C@H](C(=O)N1C[C@@H](NC(=O)c2cnc(N3CCC(COc4cc5ncnc(Nc6n[nH]c(C)c6C)c5cc4S(=O)(=O)C(C)(C)C)CC3)cn2)C[C@H]1C(=O)N[C@]1(C=O)C=CCc2ccccc21)C1CCCCC1. The van der Waals surface area contributed by atoms with Gasteiger partial charge in [-0.2, -0.15) is 5.10 Å². The summed E-state index contributed by atoms with van der Waals surface area (Å²) in [4.78, 5) is 91.4. The molecule has 2 aliphatic carbocycles. The Bertz CT molecular complexity index is 3200. The first kappa shape index (κ1) is 55.4. The lowest BCUT2D eigenvalue weighted by Gasteiger charge is -2.36. The van der Waals surface area contributed by atoms with Crippen LogP contribution in [0.25, 0.3) is 10.9 Å². The van der Waals surface area contributed by atoms with Crippen molar-refractivity contribution >= 4 is 68.1 Å². The van der Waals surface area contributed by atoms with Crippen molar-refractivity contribution in [3.8, 4) is 5.75 Å². The Hall–Kier alpha value is -7.33. The number of carbonyl (C=O) groups excluding carboxylic acids is 5. The summed E-state index contributed by atoms with van der Waals surface area (Å²) in [6, 6.07) is 7.37. The second-order valence-corrected chi connectivity index (χ2v) is 24.8. The molecule has 0 radical (unpaired) electrons. The minimum atomic E-state index is -3.89. The molecule has 2 aliphatic heterocycles. The summed E-state index contributed by atoms with van der Waals surface area (Å²) in [6.45, 7) is 11.9. The number of ether oxygens (including phenoxy) is 1. The van der Waals surface area contributed by atoms with Crippen LogP contribution in [0.5, 0.6) is 5.75 Å². The molecule has 4 amide bonds. The molecule has 5 aromatic rings. The molecule has 3 aromatic heterocycles. The number of H-pyrrole nitrogens is 1. The highest BCUT2D eigenvalue weighted by molar-refractivity contribution is 7.92. The van der Waals surface area contributed by atoms with Crippen LogP contribution in [-0.4, -0.2) is 136 Å². The number of aromatic nitrogens is 6. The van der Waals surface area contributed by atoms with E-state index in [0.29, 0.717) is 72.6 Å². The van der Waals surface area contributed by atoms with Crippen molar-refractivity contribution in [1.29, 1.82) is 0 Å². The molecule has 4 aliphatic rings. The normalized spacial score (nSPS) is 20.9. The molecule has 5 heterocycles. The number of nitrogens with one attached hydrogen (secondary N) is 6. The van der Waals surface area contributed by atoms with Crippen LogP contribution in [0.2, 0.25) is 0 Å². The van der Waals surface area contributed by atoms with Crippen molar-refractivity contribution in [2.24, 2.45) is 11.8 Å². The van der Waals surface area contributed by atoms with E-state index in [-0.39, 0.29) is 53.7 Å². The van der Waals surface area contributed by atoms with E-state index in [4.69, 9.17) is 4.74 Å². The van der Waals surface area contributed by atoms with Crippen LogP contribution in [0.3, 0.4) is 0 Å². The van der Waals surface area contributed by atoms with Crippen LogP contribution in [0, 0.1) is 25.7 Å². The number of nitrogens with zero attached hydrogens (tertiary/aromatic N) is 7. The highest BCUT2D eigenvalue weighted by atomic mass is 32.2. The number of benzene rings is 2. The number of sulfone groups is 1. The van der Waals surface area contributed by atoms with Crippen LogP contribution in [0.4, 0.5) is 17.5 Å². The van der Waals surface area contributed by atoms with Gasteiger partial charge in [-0.3, -0.25) is 29.1 Å². The Morgan fingerprint density at radius 1 is 0.962 bits per heavy atom. The first-order valence-electron chi connectivity index (χ1n) is 27.0. The summed E-state index contributed by atoms with van der Waals surface area (Å²) in [5, 5.41) is 22.9. The number of aldehydes is 1. The van der Waals surface area contributed by atoms with Gasteiger partial charge in [0.2, 0.25) is 17.7 Å². The van der Waals surface area contributed by atoms with Crippen LogP contribution in [0.15, 0.2) is 72.2 Å². The fraction of sp³-hybridized carbons (Fsp3) is 0.500. The minimum absolute atomic E-state index is 0.0263. The number of aromatic amines is 1. The Labute approximate surface area is 454 Å². The second kappa shape index (κ2) is 22.9. The van der Waals surface area contributed by atoms with Crippen molar-refractivity contribution in [3.05, 3.63) is 95.3 Å². The molecule has 6 N–H and O–H groups in total. The maximum atomic E-state index is 14.9. The third-order valence-corrected chi connectivity index (χ3v) is 18.5. The minimum Gasteiger partial charge on any atom is -0.492 e. The second-order valence-electron chi connectivity index (χ2n) is 22.1. The molecule has 0 spiro atoms. The quantitative estimate of drug-likeness (QED) is 0.0524. The van der Waals surface area contributed by atoms with Crippen molar-refractivity contribution < 1.29 is 37.1 Å². The molecule has 78 heavy (non-hydrogen) atoms. The highest BCUT2D eigenvalue weighted by Crippen LogP contribution is 2.39. The van der Waals surface area contributed by atoms with Crippen molar-refractivity contribution in [2.75, 3.05) is 43.5 Å². The predicted octanol–water partition coefficient (Wildman–Crippen LogP) is 5.07. The van der Waals surface area contributed by atoms with Crippen molar-refractivity contribution in [2.45, 2.75) is 139 Å². The fourth-order valence-corrected chi connectivity index (χ4v) is 12.2. The zero-order chi connectivity index (χ0) is 55.5. The molecule has 0 bridgehead atoms. The molecular weight excluding hydrogens is 1010 g/mol. The van der Waals surface area contributed by atoms with Gasteiger partial charge < -0.3 is 41.1 Å². The summed E-state index contributed by atoms with van der Waals surface area (Å²) in [6.07, 6.45) is 14.9. The Morgan fingerprint density at radius 2 is 1.72 bits per heavy atom. The molecule has 3 fully saturated rings. The van der Waals surface area contributed by atoms with Gasteiger partial charge in [0.25, 0.3) is 5.91 Å². The number of likely N-dealkylation sites (N-methyl/N-ethyl adjacent to an activating group) is 1. The number of amides is 4.